The molecule has 0 spiro atoms. The highest BCUT2D eigenvalue weighted by molar-refractivity contribution is 6.33. The van der Waals surface area contributed by atoms with Crippen molar-refractivity contribution in [3.8, 4) is 5.75 Å². The monoisotopic (exact) mass is 445 g/mol. The van der Waals surface area contributed by atoms with Gasteiger partial charge in [-0.05, 0) is 29.2 Å². The quantitative estimate of drug-likeness (QED) is 0.354. The Bertz CT molecular complexity index is 1260. The fourth-order valence-electron chi connectivity index (χ4n) is 4.54. The average molecular weight is 446 g/mol. The molecule has 1 aliphatic heterocycles. The van der Waals surface area contributed by atoms with E-state index in [0.29, 0.717) is 29.6 Å². The van der Waals surface area contributed by atoms with Gasteiger partial charge in [0.25, 0.3) is 0 Å². The lowest BCUT2D eigenvalue weighted by atomic mass is 9.90. The van der Waals surface area contributed by atoms with E-state index in [-0.39, 0.29) is 11.5 Å². The first-order valence-electron chi connectivity index (χ1n) is 10.9. The van der Waals surface area contributed by atoms with Crippen LogP contribution >= 0.6 is 11.6 Å². The van der Waals surface area contributed by atoms with Crippen molar-refractivity contribution in [2.45, 2.75) is 25.8 Å². The molecule has 1 aliphatic rings. The van der Waals surface area contributed by atoms with Crippen LogP contribution < -0.4 is 10.4 Å². The molecule has 0 saturated heterocycles. The number of halogens is 1. The molecule has 0 amide bonds. The summed E-state index contributed by atoms with van der Waals surface area (Å²) in [5.41, 5.74) is 4.51. The first-order chi connectivity index (χ1) is 15.6. The zero-order chi connectivity index (χ0) is 22.1. The Hall–Kier alpha value is -3.08. The first-order valence-corrected chi connectivity index (χ1v) is 11.2. The molecule has 0 fully saturated rings. The third-order valence-electron chi connectivity index (χ3n) is 6.12. The maximum atomic E-state index is 12.2. The molecule has 0 atom stereocenters. The molecule has 0 unspecified atom stereocenters. The van der Waals surface area contributed by atoms with Gasteiger partial charge >= 0.3 is 5.63 Å². The predicted octanol–water partition coefficient (Wildman–Crippen LogP) is 5.99. The fraction of sp³-hybridized carbons (Fsp3) is 0.222. The summed E-state index contributed by atoms with van der Waals surface area (Å²) in [7, 11) is 0. The average Bonchev–Trinajstić information content (AvgIpc) is 2.84. The van der Waals surface area contributed by atoms with E-state index in [1.807, 2.05) is 25.1 Å². The summed E-state index contributed by atoms with van der Waals surface area (Å²) in [4.78, 5) is 14.4. The third kappa shape index (κ3) is 3.92. The summed E-state index contributed by atoms with van der Waals surface area (Å²) >= 11 is 6.57. The fourth-order valence-corrected chi connectivity index (χ4v) is 4.82. The summed E-state index contributed by atoms with van der Waals surface area (Å²) in [6, 6.07) is 24.4. The molecule has 3 aromatic carbocycles. The van der Waals surface area contributed by atoms with Gasteiger partial charge in [-0.25, -0.2) is 4.79 Å². The lowest BCUT2D eigenvalue weighted by Crippen LogP contribution is -2.35. The molecule has 32 heavy (non-hydrogen) atoms. The second-order valence-electron chi connectivity index (χ2n) is 8.15. The van der Waals surface area contributed by atoms with Gasteiger partial charge in [0.05, 0.1) is 10.6 Å². The van der Waals surface area contributed by atoms with Crippen LogP contribution in [0.2, 0.25) is 5.02 Å². The van der Waals surface area contributed by atoms with Crippen LogP contribution in [0.1, 0.15) is 35.1 Å². The number of rotatable bonds is 5. The Morgan fingerprint density at radius 1 is 1.00 bits per heavy atom. The van der Waals surface area contributed by atoms with Gasteiger partial charge < -0.3 is 9.15 Å². The van der Waals surface area contributed by atoms with Crippen molar-refractivity contribution in [3.63, 3.8) is 0 Å². The minimum absolute atomic E-state index is 0.186. The van der Waals surface area contributed by atoms with Gasteiger partial charge in [0.2, 0.25) is 0 Å². The van der Waals surface area contributed by atoms with Gasteiger partial charge in [-0.1, -0.05) is 79.2 Å². The van der Waals surface area contributed by atoms with Crippen molar-refractivity contribution in [1.82, 2.24) is 4.90 Å². The van der Waals surface area contributed by atoms with Gasteiger partial charge in [0.1, 0.15) is 18.1 Å². The highest BCUT2D eigenvalue weighted by Gasteiger charge is 2.27. The predicted molar refractivity (Wildman–Crippen MR) is 128 cm³/mol. The molecular formula is C27H24ClNO3. The van der Waals surface area contributed by atoms with Crippen LogP contribution in [0.25, 0.3) is 11.0 Å². The zero-order valence-electron chi connectivity index (χ0n) is 17.9. The maximum Gasteiger partial charge on any atom is 0.336 e. The van der Waals surface area contributed by atoms with E-state index in [2.05, 4.69) is 53.4 Å². The molecule has 5 heteroatoms. The van der Waals surface area contributed by atoms with Crippen LogP contribution in [0.5, 0.6) is 5.75 Å². The normalized spacial score (nSPS) is 13.8. The first kappa shape index (κ1) is 20.8. The summed E-state index contributed by atoms with van der Waals surface area (Å²) in [6.07, 6.45) is 0.728. The van der Waals surface area contributed by atoms with Gasteiger partial charge in [-0.15, -0.1) is 0 Å². The van der Waals surface area contributed by atoms with E-state index < -0.39 is 0 Å². The number of hydrogen-bond donors (Lipinski definition) is 0. The van der Waals surface area contributed by atoms with Gasteiger partial charge in [-0.2, -0.15) is 0 Å². The van der Waals surface area contributed by atoms with E-state index in [0.717, 1.165) is 29.5 Å². The van der Waals surface area contributed by atoms with E-state index in [1.54, 1.807) is 6.07 Å². The lowest BCUT2D eigenvalue weighted by Gasteiger charge is -2.33. The van der Waals surface area contributed by atoms with Crippen molar-refractivity contribution in [2.75, 3.05) is 13.3 Å². The van der Waals surface area contributed by atoms with E-state index in [9.17, 15) is 4.79 Å². The van der Waals surface area contributed by atoms with Crippen LogP contribution in [0.4, 0.5) is 0 Å². The Kier molecular flexibility index (Phi) is 5.73. The largest absolute Gasteiger partial charge is 0.476 e. The molecule has 1 aromatic heterocycles. The third-order valence-corrected chi connectivity index (χ3v) is 6.40. The van der Waals surface area contributed by atoms with E-state index in [1.165, 1.54) is 11.1 Å². The summed E-state index contributed by atoms with van der Waals surface area (Å²) < 4.78 is 11.8. The van der Waals surface area contributed by atoms with Crippen LogP contribution in [-0.4, -0.2) is 18.2 Å². The minimum Gasteiger partial charge on any atom is -0.476 e. The Morgan fingerprint density at radius 3 is 2.28 bits per heavy atom. The SMILES string of the molecule is CCc1cc(=O)oc2c3c(c(Cl)cc12)OCN(CC(c1ccccc1)c1ccccc1)C3. The molecule has 2 heterocycles. The summed E-state index contributed by atoms with van der Waals surface area (Å²) in [5.74, 6) is 0.800. The number of fused-ring (bicyclic) bond motifs is 3. The zero-order valence-corrected chi connectivity index (χ0v) is 18.6. The molecule has 5 rings (SSSR count). The van der Waals surface area contributed by atoms with Crippen molar-refractivity contribution in [3.05, 3.63) is 110 Å². The van der Waals surface area contributed by atoms with Gasteiger partial charge in [0.15, 0.2) is 0 Å². The Balaban J connectivity index is 1.54. The van der Waals surface area contributed by atoms with Crippen molar-refractivity contribution < 1.29 is 9.15 Å². The standard InChI is InChI=1S/C27H24ClNO3/c1-2-18-13-25(30)32-26-21(18)14-24(28)27-23(26)16-29(17-31-27)15-22(19-9-5-3-6-10-19)20-11-7-4-8-12-20/h3-14,22H,2,15-17H2,1H3. The van der Waals surface area contributed by atoms with Gasteiger partial charge in [0, 0.05) is 30.5 Å². The summed E-state index contributed by atoms with van der Waals surface area (Å²) in [6.45, 7) is 3.80. The number of hydrogen-bond acceptors (Lipinski definition) is 4. The molecule has 4 nitrogen and oxygen atoms in total. The molecule has 0 aliphatic carbocycles. The number of ether oxygens (including phenoxy) is 1. The smallest absolute Gasteiger partial charge is 0.336 e. The number of aryl methyl sites for hydroxylation is 1. The maximum absolute atomic E-state index is 12.2. The molecular weight excluding hydrogens is 422 g/mol. The second kappa shape index (κ2) is 8.81. The van der Waals surface area contributed by atoms with E-state index in [4.69, 9.17) is 20.8 Å². The topological polar surface area (TPSA) is 42.7 Å². The minimum atomic E-state index is -0.345. The highest BCUT2D eigenvalue weighted by Crippen LogP contribution is 2.40. The van der Waals surface area contributed by atoms with Crippen LogP contribution in [0, 0.1) is 0 Å². The van der Waals surface area contributed by atoms with Crippen LogP contribution in [0.3, 0.4) is 0 Å². The molecule has 4 aromatic rings. The lowest BCUT2D eigenvalue weighted by molar-refractivity contribution is 0.0926. The highest BCUT2D eigenvalue weighted by atomic mass is 35.5. The molecule has 0 saturated carbocycles. The number of benzene rings is 3. The molecule has 0 N–H and O–H groups in total. The number of nitrogens with zero attached hydrogens (tertiary/aromatic N) is 1. The van der Waals surface area contributed by atoms with Crippen LogP contribution in [0.15, 0.2) is 82.0 Å². The van der Waals surface area contributed by atoms with E-state index >= 15 is 0 Å². The summed E-state index contributed by atoms with van der Waals surface area (Å²) in [5, 5.41) is 1.43. The van der Waals surface area contributed by atoms with Crippen LogP contribution in [-0.2, 0) is 13.0 Å². The van der Waals surface area contributed by atoms with Crippen molar-refractivity contribution in [1.29, 1.82) is 0 Å². The molecule has 0 radical (unpaired) electrons. The molecule has 0 bridgehead atoms. The second-order valence-corrected chi connectivity index (χ2v) is 8.55. The van der Waals surface area contributed by atoms with Crippen molar-refractivity contribution >= 4 is 22.6 Å². The molecule has 162 valence electrons. The Labute approximate surface area is 192 Å². The van der Waals surface area contributed by atoms with Crippen molar-refractivity contribution in [2.24, 2.45) is 0 Å². The van der Waals surface area contributed by atoms with Gasteiger partial charge in [-0.3, -0.25) is 4.90 Å². The Morgan fingerprint density at radius 2 is 1.66 bits per heavy atom.